The second-order valence-corrected chi connectivity index (χ2v) is 5.23. The maximum absolute atomic E-state index is 12.0. The van der Waals surface area contributed by atoms with Crippen LogP contribution in [0.25, 0.3) is 0 Å². The molecule has 0 aromatic rings. The van der Waals surface area contributed by atoms with Gasteiger partial charge in [-0.05, 0) is 38.8 Å². The Morgan fingerprint density at radius 1 is 1.44 bits per heavy atom. The highest BCUT2D eigenvalue weighted by Crippen LogP contribution is 2.19. The Morgan fingerprint density at radius 2 is 2.28 bits per heavy atom. The van der Waals surface area contributed by atoms with Crippen molar-refractivity contribution in [3.63, 3.8) is 0 Å². The monoisotopic (exact) mass is 255 g/mol. The van der Waals surface area contributed by atoms with Crippen molar-refractivity contribution in [1.82, 2.24) is 10.2 Å². The van der Waals surface area contributed by atoms with Gasteiger partial charge < -0.3 is 15.8 Å². The number of likely N-dealkylation sites (N-methyl/N-ethyl adjacent to an activating group) is 1. The first-order valence-electron chi connectivity index (χ1n) is 7.12. The van der Waals surface area contributed by atoms with Gasteiger partial charge in [0.15, 0.2) is 0 Å². The van der Waals surface area contributed by atoms with Crippen molar-refractivity contribution in [1.29, 1.82) is 0 Å². The summed E-state index contributed by atoms with van der Waals surface area (Å²) in [5.74, 6) is 0.0360. The maximum atomic E-state index is 12.0. The zero-order valence-corrected chi connectivity index (χ0v) is 11.2. The Hall–Kier alpha value is -0.650. The van der Waals surface area contributed by atoms with Crippen LogP contribution in [-0.4, -0.2) is 55.2 Å². The zero-order valence-electron chi connectivity index (χ0n) is 11.2. The van der Waals surface area contributed by atoms with Crippen molar-refractivity contribution in [2.24, 2.45) is 5.73 Å². The molecule has 2 saturated heterocycles. The van der Waals surface area contributed by atoms with Crippen molar-refractivity contribution < 1.29 is 9.53 Å². The molecule has 5 heteroatoms. The molecule has 3 N–H and O–H groups in total. The summed E-state index contributed by atoms with van der Waals surface area (Å²) in [6.45, 7) is 5.66. The van der Waals surface area contributed by atoms with Crippen LogP contribution in [0.3, 0.4) is 0 Å². The average Bonchev–Trinajstić information content (AvgIpc) is 3.04. The molecule has 0 spiro atoms. The van der Waals surface area contributed by atoms with E-state index in [1.54, 1.807) is 0 Å². The van der Waals surface area contributed by atoms with E-state index in [2.05, 4.69) is 17.1 Å². The minimum atomic E-state index is -0.282. The van der Waals surface area contributed by atoms with Gasteiger partial charge in [-0.2, -0.15) is 0 Å². The lowest BCUT2D eigenvalue weighted by atomic mass is 10.1. The number of rotatable bonds is 5. The smallest absolute Gasteiger partial charge is 0.249 e. The van der Waals surface area contributed by atoms with E-state index in [-0.39, 0.29) is 18.1 Å². The van der Waals surface area contributed by atoms with Crippen molar-refractivity contribution >= 4 is 5.91 Å². The minimum Gasteiger partial charge on any atom is -0.364 e. The van der Waals surface area contributed by atoms with Gasteiger partial charge in [-0.15, -0.1) is 0 Å². The lowest BCUT2D eigenvalue weighted by molar-refractivity contribution is -0.132. The molecule has 2 aliphatic heterocycles. The molecule has 2 heterocycles. The third kappa shape index (κ3) is 3.22. The zero-order chi connectivity index (χ0) is 13.0. The molecule has 2 rings (SSSR count). The summed E-state index contributed by atoms with van der Waals surface area (Å²) in [5, 5.41) is 3.03. The Balaban J connectivity index is 1.72. The first kappa shape index (κ1) is 13.8. The summed E-state index contributed by atoms with van der Waals surface area (Å²) in [6.07, 6.45) is 3.92. The van der Waals surface area contributed by atoms with Gasteiger partial charge in [-0.25, -0.2) is 0 Å². The quantitative estimate of drug-likeness (QED) is 0.731. The first-order valence-corrected chi connectivity index (χ1v) is 7.12. The molecule has 1 amide bonds. The van der Waals surface area contributed by atoms with Crippen LogP contribution in [0.4, 0.5) is 0 Å². The SMILES string of the molecule is CCN1CCCC1CNC(=O)[C@@H]1CC[C@H](CN)O1. The second-order valence-electron chi connectivity index (χ2n) is 5.23. The summed E-state index contributed by atoms with van der Waals surface area (Å²) in [7, 11) is 0. The van der Waals surface area contributed by atoms with E-state index in [0.29, 0.717) is 12.6 Å². The van der Waals surface area contributed by atoms with Crippen LogP contribution in [0.5, 0.6) is 0 Å². The number of hydrogen-bond acceptors (Lipinski definition) is 4. The molecule has 104 valence electrons. The molecular weight excluding hydrogens is 230 g/mol. The standard InChI is InChI=1S/C13H25N3O2/c1-2-16-7-3-4-10(16)9-15-13(17)12-6-5-11(8-14)18-12/h10-12H,2-9,14H2,1H3,(H,15,17)/t10?,11-,12+/m1/s1. The van der Waals surface area contributed by atoms with Gasteiger partial charge in [0.05, 0.1) is 6.10 Å². The first-order chi connectivity index (χ1) is 8.74. The minimum absolute atomic E-state index is 0.0360. The molecule has 2 aliphatic rings. The highest BCUT2D eigenvalue weighted by molar-refractivity contribution is 5.81. The van der Waals surface area contributed by atoms with Crippen LogP contribution < -0.4 is 11.1 Å². The second kappa shape index (κ2) is 6.50. The Bertz CT molecular complexity index is 285. The van der Waals surface area contributed by atoms with Gasteiger partial charge in [-0.3, -0.25) is 9.69 Å². The van der Waals surface area contributed by atoms with Crippen LogP contribution in [0.15, 0.2) is 0 Å². The number of likely N-dealkylation sites (tertiary alicyclic amines) is 1. The number of nitrogens with zero attached hydrogens (tertiary/aromatic N) is 1. The van der Waals surface area contributed by atoms with Crippen molar-refractivity contribution in [2.75, 3.05) is 26.2 Å². The normalized spacial score (nSPS) is 32.9. The molecule has 18 heavy (non-hydrogen) atoms. The van der Waals surface area contributed by atoms with Crippen LogP contribution in [-0.2, 0) is 9.53 Å². The largest absolute Gasteiger partial charge is 0.364 e. The molecule has 0 bridgehead atoms. The van der Waals surface area contributed by atoms with E-state index in [0.717, 1.165) is 32.5 Å². The van der Waals surface area contributed by atoms with Gasteiger partial charge in [0.25, 0.3) is 0 Å². The third-order valence-corrected chi connectivity index (χ3v) is 4.08. The van der Waals surface area contributed by atoms with Crippen LogP contribution in [0.2, 0.25) is 0 Å². The van der Waals surface area contributed by atoms with E-state index in [1.807, 2.05) is 0 Å². The third-order valence-electron chi connectivity index (χ3n) is 4.08. The fraction of sp³-hybridized carbons (Fsp3) is 0.923. The predicted molar refractivity (Wildman–Crippen MR) is 70.2 cm³/mol. The number of carbonyl (C=O) groups is 1. The number of ether oxygens (including phenoxy) is 1. The fourth-order valence-corrected chi connectivity index (χ4v) is 2.95. The molecule has 3 atom stereocenters. The van der Waals surface area contributed by atoms with Gasteiger partial charge in [0, 0.05) is 19.1 Å². The molecule has 0 aliphatic carbocycles. The number of hydrogen-bond donors (Lipinski definition) is 2. The lowest BCUT2D eigenvalue weighted by Gasteiger charge is -2.23. The van der Waals surface area contributed by atoms with Crippen LogP contribution in [0, 0.1) is 0 Å². The Morgan fingerprint density at radius 3 is 2.94 bits per heavy atom. The molecule has 5 nitrogen and oxygen atoms in total. The summed E-state index contributed by atoms with van der Waals surface area (Å²) in [6, 6.07) is 0.505. The average molecular weight is 255 g/mol. The van der Waals surface area contributed by atoms with Crippen LogP contribution in [0.1, 0.15) is 32.6 Å². The van der Waals surface area contributed by atoms with E-state index < -0.39 is 0 Å². The highest BCUT2D eigenvalue weighted by atomic mass is 16.5. The molecule has 0 aromatic heterocycles. The van der Waals surface area contributed by atoms with Crippen molar-refractivity contribution in [2.45, 2.75) is 50.9 Å². The molecule has 0 radical (unpaired) electrons. The lowest BCUT2D eigenvalue weighted by Crippen LogP contribution is -2.43. The number of nitrogens with two attached hydrogens (primary N) is 1. The van der Waals surface area contributed by atoms with Crippen molar-refractivity contribution in [3.8, 4) is 0 Å². The van der Waals surface area contributed by atoms with Gasteiger partial charge >= 0.3 is 0 Å². The van der Waals surface area contributed by atoms with Gasteiger partial charge in [-0.1, -0.05) is 6.92 Å². The Kier molecular flexibility index (Phi) is 4.97. The van der Waals surface area contributed by atoms with Crippen molar-refractivity contribution in [3.05, 3.63) is 0 Å². The van der Waals surface area contributed by atoms with Gasteiger partial charge in [0.2, 0.25) is 5.91 Å². The van der Waals surface area contributed by atoms with Gasteiger partial charge in [0.1, 0.15) is 6.10 Å². The topological polar surface area (TPSA) is 67.6 Å². The van der Waals surface area contributed by atoms with E-state index >= 15 is 0 Å². The molecular formula is C13H25N3O2. The molecule has 1 unspecified atom stereocenters. The molecule has 2 fully saturated rings. The summed E-state index contributed by atoms with van der Waals surface area (Å²) in [4.78, 5) is 14.4. The van der Waals surface area contributed by atoms with E-state index in [4.69, 9.17) is 10.5 Å². The van der Waals surface area contributed by atoms with E-state index in [9.17, 15) is 4.79 Å². The number of carbonyl (C=O) groups excluding carboxylic acids is 1. The highest BCUT2D eigenvalue weighted by Gasteiger charge is 2.31. The maximum Gasteiger partial charge on any atom is 0.249 e. The Labute approximate surface area is 109 Å². The summed E-state index contributed by atoms with van der Waals surface area (Å²) in [5.41, 5.74) is 5.54. The predicted octanol–water partition coefficient (Wildman–Crippen LogP) is 0.0932. The fourth-order valence-electron chi connectivity index (χ4n) is 2.95. The summed E-state index contributed by atoms with van der Waals surface area (Å²) >= 11 is 0. The number of nitrogens with one attached hydrogen (secondary N) is 1. The van der Waals surface area contributed by atoms with Crippen LogP contribution >= 0.6 is 0 Å². The number of amides is 1. The van der Waals surface area contributed by atoms with E-state index in [1.165, 1.54) is 12.8 Å². The molecule has 0 saturated carbocycles. The summed E-state index contributed by atoms with van der Waals surface area (Å²) < 4.78 is 5.59. The molecule has 0 aromatic carbocycles.